The van der Waals surface area contributed by atoms with E-state index in [4.69, 9.17) is 9.47 Å². The molecule has 0 aliphatic heterocycles. The van der Waals surface area contributed by atoms with E-state index in [1.807, 2.05) is 32.9 Å². The molecule has 0 aliphatic rings. The maximum Gasteiger partial charge on any atom is 0.417 e. The SMILES string of the molecule is Cc1cc(C)c(C(=O)Oc2ccc(C(CN(C)C(=O)OC(C)(C)C)c3nccn3C(=O)O)cc2)c(C)c1. The summed E-state index contributed by atoms with van der Waals surface area (Å²) in [6.45, 7) is 11.1. The van der Waals surface area contributed by atoms with Crippen molar-refractivity contribution in [2.75, 3.05) is 13.6 Å². The quantitative estimate of drug-likeness (QED) is 0.344. The molecule has 1 aromatic heterocycles. The number of imidazole rings is 1. The largest absolute Gasteiger partial charge is 0.464 e. The Kier molecular flexibility index (Phi) is 8.06. The maximum absolute atomic E-state index is 12.9. The number of aryl methyl sites for hydroxylation is 3. The summed E-state index contributed by atoms with van der Waals surface area (Å²) in [6.07, 6.45) is 1.01. The topological polar surface area (TPSA) is 111 Å². The molecule has 1 N–H and O–H groups in total. The third kappa shape index (κ3) is 6.75. The van der Waals surface area contributed by atoms with Crippen LogP contribution in [0.2, 0.25) is 0 Å². The zero-order chi connectivity index (χ0) is 27.5. The Balaban J connectivity index is 1.88. The molecular formula is C28H33N3O6. The van der Waals surface area contributed by atoms with Crippen LogP contribution in [-0.4, -0.2) is 56.9 Å². The normalized spacial score (nSPS) is 12.1. The number of nitrogens with zero attached hydrogens (tertiary/aromatic N) is 3. The molecule has 3 aromatic rings. The maximum atomic E-state index is 12.9. The van der Waals surface area contributed by atoms with Crippen molar-refractivity contribution in [2.45, 2.75) is 53.1 Å². The summed E-state index contributed by atoms with van der Waals surface area (Å²) in [7, 11) is 1.58. The summed E-state index contributed by atoms with van der Waals surface area (Å²) in [5.41, 5.74) is 3.27. The third-order valence-corrected chi connectivity index (χ3v) is 5.72. The Labute approximate surface area is 216 Å². The van der Waals surface area contributed by atoms with Crippen LogP contribution in [-0.2, 0) is 4.74 Å². The van der Waals surface area contributed by atoms with Gasteiger partial charge in [-0.05, 0) is 70.4 Å². The first-order chi connectivity index (χ1) is 17.3. The monoisotopic (exact) mass is 507 g/mol. The van der Waals surface area contributed by atoms with Crippen LogP contribution in [0.15, 0.2) is 48.8 Å². The first-order valence-corrected chi connectivity index (χ1v) is 11.9. The van der Waals surface area contributed by atoms with Gasteiger partial charge in [0.1, 0.15) is 17.2 Å². The molecule has 0 saturated carbocycles. The van der Waals surface area contributed by atoms with Gasteiger partial charge in [0.05, 0.1) is 11.5 Å². The first kappa shape index (κ1) is 27.4. The van der Waals surface area contributed by atoms with Gasteiger partial charge in [0.25, 0.3) is 0 Å². The van der Waals surface area contributed by atoms with Crippen LogP contribution in [0.5, 0.6) is 5.75 Å². The standard InChI is InChI=1S/C28H33N3O6/c1-17-14-18(2)23(19(3)15-17)25(32)36-21-10-8-20(9-11-21)22(24-29-12-13-31(24)26(33)34)16-30(7)27(35)37-28(4,5)6/h8-15,22H,16H2,1-7H3,(H,33,34). The van der Waals surface area contributed by atoms with Gasteiger partial charge in [-0.2, -0.15) is 0 Å². The Morgan fingerprint density at radius 1 is 1.05 bits per heavy atom. The van der Waals surface area contributed by atoms with E-state index < -0.39 is 29.7 Å². The zero-order valence-corrected chi connectivity index (χ0v) is 22.2. The molecule has 0 spiro atoms. The van der Waals surface area contributed by atoms with Crippen LogP contribution < -0.4 is 4.74 Å². The highest BCUT2D eigenvalue weighted by molar-refractivity contribution is 5.94. The highest BCUT2D eigenvalue weighted by Crippen LogP contribution is 2.28. The molecule has 9 heteroatoms. The van der Waals surface area contributed by atoms with Crippen molar-refractivity contribution in [1.82, 2.24) is 14.5 Å². The fourth-order valence-electron chi connectivity index (χ4n) is 4.19. The molecule has 0 saturated heterocycles. The highest BCUT2D eigenvalue weighted by Gasteiger charge is 2.27. The van der Waals surface area contributed by atoms with Gasteiger partial charge < -0.3 is 19.5 Å². The third-order valence-electron chi connectivity index (χ3n) is 5.72. The molecule has 1 heterocycles. The van der Waals surface area contributed by atoms with Gasteiger partial charge in [0, 0.05) is 26.0 Å². The Hall–Kier alpha value is -4.14. The second-order valence-electron chi connectivity index (χ2n) is 10.1. The van der Waals surface area contributed by atoms with Crippen LogP contribution in [0.1, 0.15) is 65.1 Å². The molecule has 1 amide bonds. The molecule has 3 rings (SSSR count). The van der Waals surface area contributed by atoms with E-state index in [-0.39, 0.29) is 12.4 Å². The lowest BCUT2D eigenvalue weighted by Crippen LogP contribution is -2.37. The highest BCUT2D eigenvalue weighted by atomic mass is 16.6. The minimum Gasteiger partial charge on any atom is -0.464 e. The van der Waals surface area contributed by atoms with Crippen molar-refractivity contribution in [3.8, 4) is 5.75 Å². The summed E-state index contributed by atoms with van der Waals surface area (Å²) in [4.78, 5) is 42.9. The van der Waals surface area contributed by atoms with Gasteiger partial charge in [0.15, 0.2) is 0 Å². The van der Waals surface area contributed by atoms with E-state index in [1.165, 1.54) is 17.3 Å². The minimum absolute atomic E-state index is 0.111. The van der Waals surface area contributed by atoms with Gasteiger partial charge in [-0.1, -0.05) is 29.8 Å². The van der Waals surface area contributed by atoms with Crippen LogP contribution in [0, 0.1) is 20.8 Å². The molecule has 2 aromatic carbocycles. The van der Waals surface area contributed by atoms with Crippen molar-refractivity contribution < 1.29 is 29.0 Å². The number of hydrogen-bond acceptors (Lipinski definition) is 6. The Morgan fingerprint density at radius 2 is 1.65 bits per heavy atom. The zero-order valence-electron chi connectivity index (χ0n) is 22.2. The molecule has 1 atom stereocenters. The minimum atomic E-state index is -1.19. The second-order valence-corrected chi connectivity index (χ2v) is 10.1. The second kappa shape index (κ2) is 10.9. The Morgan fingerprint density at radius 3 is 2.19 bits per heavy atom. The lowest BCUT2D eigenvalue weighted by molar-refractivity contribution is 0.0292. The van der Waals surface area contributed by atoms with E-state index >= 15 is 0 Å². The fraction of sp³-hybridized carbons (Fsp3) is 0.357. The molecule has 9 nitrogen and oxygen atoms in total. The number of ether oxygens (including phenoxy) is 2. The summed E-state index contributed by atoms with van der Waals surface area (Å²) in [6, 6.07) is 10.6. The predicted molar refractivity (Wildman–Crippen MR) is 138 cm³/mol. The number of carbonyl (C=O) groups excluding carboxylic acids is 2. The van der Waals surface area contributed by atoms with Crippen LogP contribution in [0.4, 0.5) is 9.59 Å². The lowest BCUT2D eigenvalue weighted by atomic mass is 9.97. The molecular weight excluding hydrogens is 474 g/mol. The van der Waals surface area contributed by atoms with Crippen LogP contribution >= 0.6 is 0 Å². The van der Waals surface area contributed by atoms with Crippen molar-refractivity contribution in [3.05, 3.63) is 82.4 Å². The molecule has 0 fully saturated rings. The fourth-order valence-corrected chi connectivity index (χ4v) is 4.19. The Bertz CT molecular complexity index is 1280. The number of carbonyl (C=O) groups is 3. The molecule has 196 valence electrons. The average Bonchev–Trinajstić information content (AvgIpc) is 3.26. The lowest BCUT2D eigenvalue weighted by Gasteiger charge is -2.27. The van der Waals surface area contributed by atoms with Gasteiger partial charge in [-0.15, -0.1) is 0 Å². The van der Waals surface area contributed by atoms with Gasteiger partial charge in [-0.25, -0.2) is 23.9 Å². The number of rotatable bonds is 6. The van der Waals surface area contributed by atoms with Crippen molar-refractivity contribution in [3.63, 3.8) is 0 Å². The number of benzene rings is 2. The number of amides is 1. The summed E-state index contributed by atoms with van der Waals surface area (Å²) < 4.78 is 12.1. The average molecular weight is 508 g/mol. The molecule has 1 unspecified atom stereocenters. The van der Waals surface area contributed by atoms with E-state index in [0.717, 1.165) is 21.3 Å². The van der Waals surface area contributed by atoms with E-state index in [9.17, 15) is 19.5 Å². The first-order valence-electron chi connectivity index (χ1n) is 11.9. The van der Waals surface area contributed by atoms with E-state index in [1.54, 1.807) is 52.1 Å². The van der Waals surface area contributed by atoms with Gasteiger partial charge >= 0.3 is 18.2 Å². The van der Waals surface area contributed by atoms with E-state index in [0.29, 0.717) is 16.9 Å². The number of likely N-dealkylation sites (N-methyl/N-ethyl adjacent to an activating group) is 1. The molecule has 0 bridgehead atoms. The summed E-state index contributed by atoms with van der Waals surface area (Å²) in [5, 5.41) is 9.62. The smallest absolute Gasteiger partial charge is 0.417 e. The van der Waals surface area contributed by atoms with Crippen LogP contribution in [0.25, 0.3) is 0 Å². The predicted octanol–water partition coefficient (Wildman–Crippen LogP) is 5.55. The van der Waals surface area contributed by atoms with Gasteiger partial charge in [0.2, 0.25) is 0 Å². The summed E-state index contributed by atoms with van der Waals surface area (Å²) >= 11 is 0. The van der Waals surface area contributed by atoms with Crippen molar-refractivity contribution in [2.24, 2.45) is 0 Å². The molecule has 0 aliphatic carbocycles. The number of aromatic nitrogens is 2. The molecule has 37 heavy (non-hydrogen) atoms. The van der Waals surface area contributed by atoms with Gasteiger partial charge in [-0.3, -0.25) is 0 Å². The number of esters is 1. The van der Waals surface area contributed by atoms with Crippen LogP contribution in [0.3, 0.4) is 0 Å². The summed E-state index contributed by atoms with van der Waals surface area (Å²) in [5.74, 6) is -0.451. The van der Waals surface area contributed by atoms with Crippen molar-refractivity contribution in [1.29, 1.82) is 0 Å². The van der Waals surface area contributed by atoms with E-state index in [2.05, 4.69) is 4.98 Å². The number of hydrogen-bond donors (Lipinski definition) is 1. The van der Waals surface area contributed by atoms with Crippen molar-refractivity contribution >= 4 is 18.2 Å². The molecule has 0 radical (unpaired) electrons. The number of carboxylic acid groups (broad SMARTS) is 1.